The number of fused-ring (bicyclic) bond motifs is 1. The van der Waals surface area contributed by atoms with Crippen LogP contribution in [0.5, 0.6) is 0 Å². The van der Waals surface area contributed by atoms with Crippen LogP contribution in [0, 0.1) is 6.92 Å². The monoisotopic (exact) mass is 315 g/mol. The number of rotatable bonds is 4. The molecule has 0 atom stereocenters. The van der Waals surface area contributed by atoms with Crippen molar-refractivity contribution in [3.63, 3.8) is 0 Å². The molecule has 0 aliphatic carbocycles. The van der Waals surface area contributed by atoms with Crippen molar-refractivity contribution in [1.29, 1.82) is 0 Å². The van der Waals surface area contributed by atoms with E-state index in [4.69, 9.17) is 5.73 Å². The van der Waals surface area contributed by atoms with Crippen LogP contribution < -0.4 is 11.1 Å². The second-order valence-corrected chi connectivity index (χ2v) is 6.28. The van der Waals surface area contributed by atoms with Gasteiger partial charge in [0.2, 0.25) is 0 Å². The average Bonchev–Trinajstić information content (AvgIpc) is 3.04. The summed E-state index contributed by atoms with van der Waals surface area (Å²) in [5.41, 5.74) is 9.30. The number of carbonyl (C=O) groups is 1. The quantitative estimate of drug-likeness (QED) is 0.770. The van der Waals surface area contributed by atoms with E-state index in [1.165, 1.54) is 11.3 Å². The molecule has 0 saturated heterocycles. The maximum atomic E-state index is 12.3. The Morgan fingerprint density at radius 3 is 3.00 bits per heavy atom. The molecule has 0 spiro atoms. The van der Waals surface area contributed by atoms with E-state index in [-0.39, 0.29) is 5.91 Å². The number of thiazole rings is 1. The Morgan fingerprint density at radius 2 is 2.27 bits per heavy atom. The van der Waals surface area contributed by atoms with E-state index in [9.17, 15) is 4.79 Å². The molecule has 1 amide bonds. The highest BCUT2D eigenvalue weighted by molar-refractivity contribution is 7.22. The summed E-state index contributed by atoms with van der Waals surface area (Å²) in [6, 6.07) is 3.69. The van der Waals surface area contributed by atoms with E-state index in [1.807, 2.05) is 38.5 Å². The molecule has 0 aliphatic heterocycles. The lowest BCUT2D eigenvalue weighted by Crippen LogP contribution is -2.25. The number of amides is 1. The first-order valence-electron chi connectivity index (χ1n) is 6.95. The second-order valence-electron chi connectivity index (χ2n) is 5.22. The van der Waals surface area contributed by atoms with E-state index in [2.05, 4.69) is 15.4 Å². The molecule has 7 heteroatoms. The first-order chi connectivity index (χ1) is 10.5. The van der Waals surface area contributed by atoms with Gasteiger partial charge >= 0.3 is 0 Å². The van der Waals surface area contributed by atoms with Gasteiger partial charge in [-0.15, -0.1) is 0 Å². The number of benzene rings is 1. The fourth-order valence-corrected chi connectivity index (χ4v) is 3.22. The summed E-state index contributed by atoms with van der Waals surface area (Å²) in [5, 5.41) is 7.56. The van der Waals surface area contributed by atoms with Crippen molar-refractivity contribution >= 4 is 32.6 Å². The predicted octanol–water partition coefficient (Wildman–Crippen LogP) is 1.89. The molecule has 0 fully saturated rings. The summed E-state index contributed by atoms with van der Waals surface area (Å²) >= 11 is 1.40. The largest absolute Gasteiger partial charge is 0.375 e. The van der Waals surface area contributed by atoms with Gasteiger partial charge in [-0.05, 0) is 36.6 Å². The highest BCUT2D eigenvalue weighted by Crippen LogP contribution is 2.27. The number of anilines is 1. The standard InChI is InChI=1S/C15H17N5OS/c1-9-5-11(6-12-13(9)19-15(16)22-12)14(21)17-4-3-10-7-18-20(2)8-10/h5-8H,3-4H2,1-2H3,(H2,16,19)(H,17,21). The number of nitrogens with one attached hydrogen (secondary N) is 1. The zero-order valence-electron chi connectivity index (χ0n) is 12.5. The van der Waals surface area contributed by atoms with Gasteiger partial charge in [-0.2, -0.15) is 5.10 Å². The topological polar surface area (TPSA) is 85.8 Å². The van der Waals surface area contributed by atoms with Gasteiger partial charge in [0.05, 0.1) is 16.4 Å². The Kier molecular flexibility index (Phi) is 3.81. The normalized spacial score (nSPS) is 11.0. The Balaban J connectivity index is 1.69. The average molecular weight is 315 g/mol. The van der Waals surface area contributed by atoms with Crippen LogP contribution in [0.15, 0.2) is 24.5 Å². The highest BCUT2D eigenvalue weighted by atomic mass is 32.1. The Bertz CT molecular complexity index is 836. The fourth-order valence-electron chi connectivity index (χ4n) is 2.37. The minimum absolute atomic E-state index is 0.0825. The van der Waals surface area contributed by atoms with Gasteiger partial charge in [0.25, 0.3) is 5.91 Å². The summed E-state index contributed by atoms with van der Waals surface area (Å²) < 4.78 is 2.69. The smallest absolute Gasteiger partial charge is 0.251 e. The molecule has 114 valence electrons. The van der Waals surface area contributed by atoms with Crippen LogP contribution in [0.2, 0.25) is 0 Å². The molecule has 0 radical (unpaired) electrons. The Labute approximate surface area is 132 Å². The van der Waals surface area contributed by atoms with Crippen molar-refractivity contribution in [1.82, 2.24) is 20.1 Å². The Morgan fingerprint density at radius 1 is 1.45 bits per heavy atom. The van der Waals surface area contributed by atoms with Gasteiger partial charge in [0, 0.05) is 25.4 Å². The van der Waals surface area contributed by atoms with Gasteiger partial charge in [-0.3, -0.25) is 9.48 Å². The van der Waals surface area contributed by atoms with Gasteiger partial charge < -0.3 is 11.1 Å². The van der Waals surface area contributed by atoms with E-state index >= 15 is 0 Å². The molecular weight excluding hydrogens is 298 g/mol. The van der Waals surface area contributed by atoms with Gasteiger partial charge in [0.15, 0.2) is 5.13 Å². The van der Waals surface area contributed by atoms with E-state index in [0.29, 0.717) is 17.2 Å². The first-order valence-corrected chi connectivity index (χ1v) is 7.77. The summed E-state index contributed by atoms with van der Waals surface area (Å²) in [6.45, 7) is 2.51. The van der Waals surface area contributed by atoms with Crippen molar-refractivity contribution in [2.24, 2.45) is 7.05 Å². The van der Waals surface area contributed by atoms with Crippen LogP contribution in [0.1, 0.15) is 21.5 Å². The third kappa shape index (κ3) is 2.94. The van der Waals surface area contributed by atoms with E-state index in [1.54, 1.807) is 4.68 Å². The molecule has 2 aromatic heterocycles. The summed E-state index contributed by atoms with van der Waals surface area (Å²) in [6.07, 6.45) is 4.51. The maximum Gasteiger partial charge on any atom is 0.251 e. The number of hydrogen-bond donors (Lipinski definition) is 2. The SMILES string of the molecule is Cc1cc(C(=O)NCCc2cnn(C)c2)cc2sc(N)nc12. The number of aryl methyl sites for hydroxylation is 2. The van der Waals surface area contributed by atoms with Crippen molar-refractivity contribution in [2.75, 3.05) is 12.3 Å². The molecule has 6 nitrogen and oxygen atoms in total. The molecule has 0 unspecified atom stereocenters. The van der Waals surface area contributed by atoms with Crippen LogP contribution in [0.3, 0.4) is 0 Å². The molecule has 0 aliphatic rings. The number of carbonyl (C=O) groups excluding carboxylic acids is 1. The molecule has 3 N–H and O–H groups in total. The number of nitrogens with two attached hydrogens (primary N) is 1. The summed E-state index contributed by atoms with van der Waals surface area (Å²) in [4.78, 5) is 16.5. The van der Waals surface area contributed by atoms with Crippen LogP contribution >= 0.6 is 11.3 Å². The third-order valence-corrected chi connectivity index (χ3v) is 4.25. The van der Waals surface area contributed by atoms with E-state index < -0.39 is 0 Å². The van der Waals surface area contributed by atoms with Gasteiger partial charge in [-0.25, -0.2) is 4.98 Å². The van der Waals surface area contributed by atoms with Crippen LogP contribution in [-0.2, 0) is 13.5 Å². The van der Waals surface area contributed by atoms with Gasteiger partial charge in [-0.1, -0.05) is 11.3 Å². The Hall–Kier alpha value is -2.41. The molecule has 0 saturated carbocycles. The van der Waals surface area contributed by atoms with Crippen LogP contribution in [0.4, 0.5) is 5.13 Å². The number of hydrogen-bond acceptors (Lipinski definition) is 5. The zero-order chi connectivity index (χ0) is 15.7. The minimum atomic E-state index is -0.0825. The lowest BCUT2D eigenvalue weighted by molar-refractivity contribution is 0.0954. The summed E-state index contributed by atoms with van der Waals surface area (Å²) in [5.74, 6) is -0.0825. The first kappa shape index (κ1) is 14.5. The predicted molar refractivity (Wildman–Crippen MR) is 88.0 cm³/mol. The fraction of sp³-hybridized carbons (Fsp3) is 0.267. The van der Waals surface area contributed by atoms with Crippen LogP contribution in [-0.4, -0.2) is 27.2 Å². The number of nitrogens with zero attached hydrogens (tertiary/aromatic N) is 3. The molecule has 1 aromatic carbocycles. The lowest BCUT2D eigenvalue weighted by Gasteiger charge is -2.05. The minimum Gasteiger partial charge on any atom is -0.375 e. The van der Waals surface area contributed by atoms with Gasteiger partial charge in [0.1, 0.15) is 0 Å². The number of nitrogen functional groups attached to an aromatic ring is 1. The zero-order valence-corrected chi connectivity index (χ0v) is 13.3. The van der Waals surface area contributed by atoms with E-state index in [0.717, 1.165) is 27.8 Å². The molecule has 2 heterocycles. The molecule has 3 rings (SSSR count). The molecule has 22 heavy (non-hydrogen) atoms. The number of aromatic nitrogens is 3. The maximum absolute atomic E-state index is 12.3. The molecule has 3 aromatic rings. The van der Waals surface area contributed by atoms with Crippen molar-refractivity contribution in [2.45, 2.75) is 13.3 Å². The van der Waals surface area contributed by atoms with Crippen molar-refractivity contribution < 1.29 is 4.79 Å². The summed E-state index contributed by atoms with van der Waals surface area (Å²) in [7, 11) is 1.88. The lowest BCUT2D eigenvalue weighted by atomic mass is 10.1. The highest BCUT2D eigenvalue weighted by Gasteiger charge is 2.11. The molecule has 0 bridgehead atoms. The van der Waals surface area contributed by atoms with Crippen molar-refractivity contribution in [3.05, 3.63) is 41.2 Å². The second kappa shape index (κ2) is 5.76. The molecular formula is C15H17N5OS. The van der Waals surface area contributed by atoms with Crippen molar-refractivity contribution in [3.8, 4) is 0 Å². The van der Waals surface area contributed by atoms with Crippen LogP contribution in [0.25, 0.3) is 10.2 Å². The third-order valence-electron chi connectivity index (χ3n) is 3.42.